The summed E-state index contributed by atoms with van der Waals surface area (Å²) in [6, 6.07) is 2.27. The molecule has 2 saturated carbocycles. The predicted octanol–water partition coefficient (Wildman–Crippen LogP) is 5.95. The standard InChI is InChI=1S/C26H35NO2/c1-5-12-26(13-6-2)21-9-7-18-19-8-10-22(28)24(19,3)14-11-20(18)25(21,4)15-17(16-27)23(26)29/h9,15,18-20H,5-8,10-14H2,1-4H3. The molecule has 0 aromatic carbocycles. The van der Waals surface area contributed by atoms with E-state index < -0.39 is 5.41 Å². The highest BCUT2D eigenvalue weighted by molar-refractivity contribution is 6.06. The van der Waals surface area contributed by atoms with E-state index in [1.807, 2.05) is 6.08 Å². The van der Waals surface area contributed by atoms with Crippen molar-refractivity contribution in [2.75, 3.05) is 0 Å². The number of fused-ring (bicyclic) bond motifs is 5. The smallest absolute Gasteiger partial charge is 0.183 e. The molecule has 0 spiro atoms. The van der Waals surface area contributed by atoms with E-state index in [9.17, 15) is 14.9 Å². The molecule has 4 aliphatic rings. The summed E-state index contributed by atoms with van der Waals surface area (Å²) in [4.78, 5) is 26.2. The number of nitrogens with zero attached hydrogens (tertiary/aromatic N) is 1. The van der Waals surface area contributed by atoms with Gasteiger partial charge in [-0.15, -0.1) is 0 Å². The van der Waals surface area contributed by atoms with Gasteiger partial charge in [-0.3, -0.25) is 9.59 Å². The molecule has 0 amide bonds. The van der Waals surface area contributed by atoms with Crippen LogP contribution in [0.15, 0.2) is 23.3 Å². The maximum Gasteiger partial charge on any atom is 0.183 e. The van der Waals surface area contributed by atoms with Crippen LogP contribution in [-0.4, -0.2) is 11.6 Å². The lowest BCUT2D eigenvalue weighted by Crippen LogP contribution is -2.54. The van der Waals surface area contributed by atoms with Crippen molar-refractivity contribution in [3.8, 4) is 6.07 Å². The van der Waals surface area contributed by atoms with Crippen molar-refractivity contribution in [3.63, 3.8) is 0 Å². The van der Waals surface area contributed by atoms with Gasteiger partial charge in [-0.25, -0.2) is 0 Å². The average Bonchev–Trinajstić information content (AvgIpc) is 3.00. The maximum absolute atomic E-state index is 13.5. The summed E-state index contributed by atoms with van der Waals surface area (Å²) in [6.07, 6.45) is 12.7. The van der Waals surface area contributed by atoms with Crippen molar-refractivity contribution in [3.05, 3.63) is 23.3 Å². The predicted molar refractivity (Wildman–Crippen MR) is 114 cm³/mol. The summed E-state index contributed by atoms with van der Waals surface area (Å²) in [6.45, 7) is 8.78. The van der Waals surface area contributed by atoms with Gasteiger partial charge in [0.15, 0.2) is 5.78 Å². The molecule has 5 unspecified atom stereocenters. The molecule has 4 aliphatic carbocycles. The van der Waals surface area contributed by atoms with Crippen LogP contribution in [0, 0.1) is 45.3 Å². The highest BCUT2D eigenvalue weighted by atomic mass is 16.1. The Morgan fingerprint density at radius 2 is 1.79 bits per heavy atom. The molecule has 29 heavy (non-hydrogen) atoms. The summed E-state index contributed by atoms with van der Waals surface area (Å²) in [5.74, 6) is 1.88. The lowest BCUT2D eigenvalue weighted by molar-refractivity contribution is -0.131. The number of Topliss-reactive ketones (excluding diaryl/α,β-unsaturated/α-hetero) is 2. The molecule has 3 nitrogen and oxygen atoms in total. The van der Waals surface area contributed by atoms with Crippen LogP contribution >= 0.6 is 0 Å². The highest BCUT2D eigenvalue weighted by Crippen LogP contribution is 2.66. The van der Waals surface area contributed by atoms with Crippen LogP contribution in [0.4, 0.5) is 0 Å². The van der Waals surface area contributed by atoms with Crippen LogP contribution < -0.4 is 0 Å². The monoisotopic (exact) mass is 393 g/mol. The topological polar surface area (TPSA) is 57.9 Å². The minimum atomic E-state index is -0.505. The molecule has 0 aromatic heterocycles. The van der Waals surface area contributed by atoms with Crippen LogP contribution in [0.25, 0.3) is 0 Å². The zero-order valence-electron chi connectivity index (χ0n) is 18.5. The second-order valence-electron chi connectivity index (χ2n) is 10.5. The fourth-order valence-corrected chi connectivity index (χ4v) is 8.00. The van der Waals surface area contributed by atoms with Crippen molar-refractivity contribution in [1.82, 2.24) is 0 Å². The van der Waals surface area contributed by atoms with Crippen molar-refractivity contribution >= 4 is 11.6 Å². The number of nitriles is 1. The quantitative estimate of drug-likeness (QED) is 0.554. The largest absolute Gasteiger partial charge is 0.299 e. The second-order valence-corrected chi connectivity index (χ2v) is 10.5. The number of ketones is 2. The van der Waals surface area contributed by atoms with Gasteiger partial charge in [0.05, 0.1) is 11.0 Å². The molecule has 4 rings (SSSR count). The molecule has 0 bridgehead atoms. The SMILES string of the molecule is CCCC1(CCC)C(=O)C(C#N)=CC2(C)C1=CCC1C2CCC2(C)C(=O)CCC12. The second kappa shape index (κ2) is 6.93. The van der Waals surface area contributed by atoms with Crippen molar-refractivity contribution in [1.29, 1.82) is 5.26 Å². The molecule has 5 atom stereocenters. The van der Waals surface area contributed by atoms with Crippen molar-refractivity contribution in [2.45, 2.75) is 85.5 Å². The van der Waals surface area contributed by atoms with E-state index in [1.165, 1.54) is 5.57 Å². The Labute approximate surface area is 175 Å². The first-order valence-electron chi connectivity index (χ1n) is 11.7. The van der Waals surface area contributed by atoms with Crippen molar-refractivity contribution < 1.29 is 9.59 Å². The third-order valence-electron chi connectivity index (χ3n) is 9.20. The first-order valence-corrected chi connectivity index (χ1v) is 11.7. The van der Waals surface area contributed by atoms with Gasteiger partial charge in [0.2, 0.25) is 0 Å². The number of allylic oxidation sites excluding steroid dienone is 4. The van der Waals surface area contributed by atoms with E-state index in [0.29, 0.717) is 29.1 Å². The summed E-state index contributed by atoms with van der Waals surface area (Å²) in [7, 11) is 0. The Balaban J connectivity index is 1.86. The molecule has 3 heteroatoms. The van der Waals surface area contributed by atoms with Gasteiger partial charge in [-0.2, -0.15) is 5.26 Å². The normalized spacial score (nSPS) is 40.3. The summed E-state index contributed by atoms with van der Waals surface area (Å²) < 4.78 is 0. The third kappa shape index (κ3) is 2.60. The Kier molecular flexibility index (Phi) is 4.92. The lowest BCUT2D eigenvalue weighted by Gasteiger charge is -2.58. The Hall–Kier alpha value is -1.69. The van der Waals surface area contributed by atoms with E-state index >= 15 is 0 Å². The number of carbonyl (C=O) groups is 2. The number of hydrogen-bond donors (Lipinski definition) is 0. The van der Waals surface area contributed by atoms with Crippen LogP contribution in [0.3, 0.4) is 0 Å². The number of hydrogen-bond acceptors (Lipinski definition) is 3. The van der Waals surface area contributed by atoms with E-state index in [4.69, 9.17) is 0 Å². The number of carbonyl (C=O) groups excluding carboxylic acids is 2. The molecule has 0 aromatic rings. The summed E-state index contributed by atoms with van der Waals surface area (Å²) in [5.41, 5.74) is 0.781. The Bertz CT molecular complexity index is 837. The zero-order valence-corrected chi connectivity index (χ0v) is 18.5. The maximum atomic E-state index is 13.5. The molecule has 0 saturated heterocycles. The average molecular weight is 394 g/mol. The Morgan fingerprint density at radius 1 is 1.10 bits per heavy atom. The van der Waals surface area contributed by atoms with E-state index in [0.717, 1.165) is 57.8 Å². The molecule has 0 N–H and O–H groups in total. The summed E-state index contributed by atoms with van der Waals surface area (Å²) >= 11 is 0. The van der Waals surface area contributed by atoms with Crippen LogP contribution in [-0.2, 0) is 9.59 Å². The van der Waals surface area contributed by atoms with Gasteiger partial charge in [-0.05, 0) is 56.3 Å². The van der Waals surface area contributed by atoms with Crippen LogP contribution in [0.1, 0.15) is 85.5 Å². The minimum absolute atomic E-state index is 0.0579. The molecule has 0 heterocycles. The zero-order chi connectivity index (χ0) is 21.0. The minimum Gasteiger partial charge on any atom is -0.299 e. The van der Waals surface area contributed by atoms with E-state index in [-0.39, 0.29) is 16.6 Å². The molecule has 2 fully saturated rings. The van der Waals surface area contributed by atoms with Gasteiger partial charge in [0, 0.05) is 17.3 Å². The third-order valence-corrected chi connectivity index (χ3v) is 9.20. The summed E-state index contributed by atoms with van der Waals surface area (Å²) in [5, 5.41) is 9.85. The first-order chi connectivity index (χ1) is 13.8. The Morgan fingerprint density at radius 3 is 2.41 bits per heavy atom. The highest BCUT2D eigenvalue weighted by Gasteiger charge is 2.62. The molecular weight excluding hydrogens is 358 g/mol. The molecular formula is C26H35NO2. The van der Waals surface area contributed by atoms with Gasteiger partial charge < -0.3 is 0 Å². The lowest BCUT2D eigenvalue weighted by atomic mass is 9.44. The molecule has 156 valence electrons. The van der Waals surface area contributed by atoms with Gasteiger partial charge >= 0.3 is 0 Å². The fourth-order valence-electron chi connectivity index (χ4n) is 8.00. The van der Waals surface area contributed by atoms with Gasteiger partial charge in [-0.1, -0.05) is 58.3 Å². The fraction of sp³-hybridized carbons (Fsp3) is 0.731. The van der Waals surface area contributed by atoms with Gasteiger partial charge in [0.25, 0.3) is 0 Å². The van der Waals surface area contributed by atoms with Gasteiger partial charge in [0.1, 0.15) is 11.9 Å². The number of rotatable bonds is 4. The van der Waals surface area contributed by atoms with E-state index in [1.54, 1.807) is 0 Å². The molecule has 0 aliphatic heterocycles. The first kappa shape index (κ1) is 20.6. The van der Waals surface area contributed by atoms with Crippen LogP contribution in [0.5, 0.6) is 0 Å². The van der Waals surface area contributed by atoms with Crippen LogP contribution in [0.2, 0.25) is 0 Å². The molecule has 0 radical (unpaired) electrons. The van der Waals surface area contributed by atoms with E-state index in [2.05, 4.69) is 39.8 Å². The van der Waals surface area contributed by atoms with Crippen molar-refractivity contribution in [2.24, 2.45) is 34.0 Å².